The van der Waals surface area contributed by atoms with Crippen molar-refractivity contribution in [3.63, 3.8) is 0 Å². The van der Waals surface area contributed by atoms with Gasteiger partial charge in [0.1, 0.15) is 29.0 Å². The lowest BCUT2D eigenvalue weighted by Crippen LogP contribution is -2.46. The summed E-state index contributed by atoms with van der Waals surface area (Å²) in [5.41, 5.74) is -1.18. The van der Waals surface area contributed by atoms with Crippen molar-refractivity contribution in [1.82, 2.24) is 10.2 Å². The highest BCUT2D eigenvalue weighted by molar-refractivity contribution is 6.32. The fraction of sp³-hybridized carbons (Fsp3) is 0.548. The summed E-state index contributed by atoms with van der Waals surface area (Å²) in [4.78, 5) is 71.2. The van der Waals surface area contributed by atoms with Gasteiger partial charge in [-0.2, -0.15) is 0 Å². The number of aliphatic hydroxyl groups is 2. The summed E-state index contributed by atoms with van der Waals surface area (Å²) >= 11 is 0. The number of aliphatic hydroxyl groups excluding tert-OH is 2. The largest absolute Gasteiger partial charge is 0.507 e. The number of hydrogen-bond acceptors (Lipinski definition) is 13. The maximum atomic E-state index is 14.7. The van der Waals surface area contributed by atoms with Crippen LogP contribution in [0, 0.1) is 30.6 Å². The normalized spacial score (nSPS) is 33.9. The number of nitrogens with one attached hydrogen (secondary N) is 1. The number of hydrogen-bond donors (Lipinski definition) is 4. The molecule has 9 unspecified atom stereocenters. The second-order valence-electron chi connectivity index (χ2n) is 15.6. The number of carbonyl (C=O) groups is 5. The van der Waals surface area contributed by atoms with E-state index in [1.54, 1.807) is 44.7 Å². The Bertz CT molecular complexity index is 1910. The fourth-order valence-electron chi connectivity index (χ4n) is 8.10. The van der Waals surface area contributed by atoms with Crippen LogP contribution in [-0.4, -0.2) is 99.8 Å². The van der Waals surface area contributed by atoms with Crippen LogP contribution in [0.3, 0.4) is 0 Å². The molecule has 4 aliphatic heterocycles. The maximum absolute atomic E-state index is 14.7. The van der Waals surface area contributed by atoms with Crippen molar-refractivity contribution >= 4 is 29.2 Å². The van der Waals surface area contributed by atoms with Crippen molar-refractivity contribution in [1.29, 1.82) is 0 Å². The van der Waals surface area contributed by atoms with E-state index in [1.165, 1.54) is 53.2 Å². The molecule has 0 spiro atoms. The van der Waals surface area contributed by atoms with E-state index in [9.17, 15) is 39.3 Å². The summed E-state index contributed by atoms with van der Waals surface area (Å²) in [5, 5.41) is 36.9. The third-order valence-electron chi connectivity index (χ3n) is 11.6. The molecule has 9 atom stereocenters. The average Bonchev–Trinajstić information content (AvgIpc) is 3.43. The van der Waals surface area contributed by atoms with Gasteiger partial charge in [0.2, 0.25) is 11.6 Å². The zero-order valence-corrected chi connectivity index (χ0v) is 33.5. The molecule has 0 radical (unpaired) electrons. The van der Waals surface area contributed by atoms with Gasteiger partial charge in [-0.15, -0.1) is 0 Å². The van der Waals surface area contributed by atoms with Crippen molar-refractivity contribution < 1.29 is 58.2 Å². The van der Waals surface area contributed by atoms with Crippen molar-refractivity contribution in [2.75, 3.05) is 20.2 Å². The van der Waals surface area contributed by atoms with E-state index in [0.717, 1.165) is 19.3 Å². The molecule has 5 bridgehead atoms. The molecule has 14 heteroatoms. The van der Waals surface area contributed by atoms with E-state index in [-0.39, 0.29) is 39.4 Å². The Morgan fingerprint density at radius 1 is 0.911 bits per heavy atom. The number of likely N-dealkylation sites (tertiary alicyclic amines) is 1. The highest BCUT2D eigenvalue weighted by Gasteiger charge is 2.53. The van der Waals surface area contributed by atoms with Crippen LogP contribution < -0.4 is 10.1 Å². The van der Waals surface area contributed by atoms with E-state index in [1.807, 2.05) is 0 Å². The minimum Gasteiger partial charge on any atom is -0.507 e. The highest BCUT2D eigenvalue weighted by Crippen LogP contribution is 2.49. The van der Waals surface area contributed by atoms with Gasteiger partial charge in [-0.25, -0.2) is 0 Å². The van der Waals surface area contributed by atoms with Crippen molar-refractivity contribution in [3.8, 4) is 11.5 Å². The van der Waals surface area contributed by atoms with Crippen molar-refractivity contribution in [3.05, 3.63) is 69.8 Å². The Morgan fingerprint density at radius 3 is 2.20 bits per heavy atom. The van der Waals surface area contributed by atoms with Gasteiger partial charge in [-0.05, 0) is 39.2 Å². The average molecular weight is 779 g/mol. The molecular formula is C42H54N2O12. The molecule has 6 rings (SSSR count). The number of ether oxygens (including phenoxy) is 4. The number of carbonyl (C=O) groups excluding carboxylic acids is 5. The number of benzene rings is 1. The SMILES string of the molecule is COC1/C=C/OC2(C)Oc3c(C)c(O)c4c(c3C2=O)C(=O)C(N2CCCCC2)=C(NC(=O)/C(C)=C\C=C\C(C)C(O)C(C)C(O)C(C)C(OC(C)=O)C1C)C4=O. The summed E-state index contributed by atoms with van der Waals surface area (Å²) in [5.74, 6) is -8.83. The summed E-state index contributed by atoms with van der Waals surface area (Å²) in [6.07, 6.45) is 5.90. The number of rotatable bonds is 3. The Morgan fingerprint density at radius 2 is 1.57 bits per heavy atom. The lowest BCUT2D eigenvalue weighted by molar-refractivity contribution is -0.160. The van der Waals surface area contributed by atoms with Crippen LogP contribution in [0.2, 0.25) is 0 Å². The van der Waals surface area contributed by atoms with Gasteiger partial charge < -0.3 is 44.5 Å². The van der Waals surface area contributed by atoms with Gasteiger partial charge in [0, 0.05) is 68.9 Å². The number of phenols is 1. The molecule has 1 aromatic carbocycles. The van der Waals surface area contributed by atoms with Gasteiger partial charge in [0.25, 0.3) is 11.7 Å². The molecule has 4 N–H and O–H groups in total. The standard InChI is InChI=1S/C42H54N2O12/c1-20-14-13-15-21(2)41(52)43-31-32(44-17-11-10-12-18-44)37(50)28-29(36(31)49)35(48)25(6)39-30(28)40(51)42(8,56-39)54-19-16-27(53-9)22(3)38(55-26(7)45)24(5)34(47)23(4)33(20)46/h13-16,19-20,22-24,27,33-34,38,46-48H,10-12,17-18H2,1-9H3,(H,43,52)/b14-13+,19-16+,21-15-. The summed E-state index contributed by atoms with van der Waals surface area (Å²) < 4.78 is 23.5. The van der Waals surface area contributed by atoms with Crippen LogP contribution in [-0.2, 0) is 23.8 Å². The smallest absolute Gasteiger partial charge is 0.312 e. The number of allylic oxidation sites excluding steroid dienone is 4. The molecule has 1 aliphatic carbocycles. The minimum absolute atomic E-state index is 0.0223. The second-order valence-corrected chi connectivity index (χ2v) is 15.6. The van der Waals surface area contributed by atoms with Crippen LogP contribution in [0.15, 0.2) is 47.5 Å². The maximum Gasteiger partial charge on any atom is 0.312 e. The molecule has 1 aromatic rings. The second kappa shape index (κ2) is 16.7. The first kappa shape index (κ1) is 42.4. The molecule has 56 heavy (non-hydrogen) atoms. The Kier molecular flexibility index (Phi) is 12.7. The van der Waals surface area contributed by atoms with Gasteiger partial charge in [-0.1, -0.05) is 45.9 Å². The summed E-state index contributed by atoms with van der Waals surface area (Å²) in [6, 6.07) is 0. The highest BCUT2D eigenvalue weighted by atomic mass is 16.7. The zero-order valence-electron chi connectivity index (χ0n) is 33.5. The number of ketones is 3. The summed E-state index contributed by atoms with van der Waals surface area (Å²) in [7, 11) is 1.43. The van der Waals surface area contributed by atoms with Crippen molar-refractivity contribution in [2.45, 2.75) is 105 Å². The molecular weight excluding hydrogens is 724 g/mol. The number of fused-ring (bicyclic) bond motifs is 14. The molecule has 5 aliphatic rings. The molecule has 1 amide bonds. The third kappa shape index (κ3) is 7.78. The van der Waals surface area contributed by atoms with Gasteiger partial charge in [0.05, 0.1) is 41.3 Å². The monoisotopic (exact) mass is 778 g/mol. The minimum atomic E-state index is -2.05. The number of Topliss-reactive ketones (excluding diaryl/α,β-unsaturated/α-hetero) is 3. The number of amides is 1. The number of nitrogens with zero attached hydrogens (tertiary/aromatic N) is 1. The van der Waals surface area contributed by atoms with Gasteiger partial charge in [-0.3, -0.25) is 24.0 Å². The number of piperidine rings is 1. The van der Waals surface area contributed by atoms with Crippen LogP contribution in [0.5, 0.6) is 11.5 Å². The van der Waals surface area contributed by atoms with E-state index in [0.29, 0.717) is 13.1 Å². The van der Waals surface area contributed by atoms with Crippen LogP contribution in [0.4, 0.5) is 0 Å². The lowest BCUT2D eigenvalue weighted by Gasteiger charge is -2.38. The van der Waals surface area contributed by atoms with Gasteiger partial charge >= 0.3 is 11.8 Å². The van der Waals surface area contributed by atoms with E-state index < -0.39 is 94.4 Å². The fourth-order valence-corrected chi connectivity index (χ4v) is 8.10. The molecule has 1 saturated heterocycles. The number of esters is 1. The van der Waals surface area contributed by atoms with Crippen LogP contribution >= 0.6 is 0 Å². The quantitative estimate of drug-likeness (QED) is 0.315. The lowest BCUT2D eigenvalue weighted by atomic mass is 9.78. The number of phenolic OH excluding ortho intramolecular Hbond substituents is 1. The molecule has 1 fully saturated rings. The topological polar surface area (TPSA) is 198 Å². The Balaban J connectivity index is 1.67. The van der Waals surface area contributed by atoms with Crippen LogP contribution in [0.25, 0.3) is 0 Å². The number of aromatic hydroxyl groups is 1. The Labute approximate surface area is 327 Å². The van der Waals surface area contributed by atoms with E-state index >= 15 is 0 Å². The predicted octanol–water partition coefficient (Wildman–Crippen LogP) is 4.44. The molecule has 4 heterocycles. The van der Waals surface area contributed by atoms with Crippen LogP contribution in [0.1, 0.15) is 104 Å². The number of methoxy groups -OCH3 is 1. The molecule has 304 valence electrons. The Hall–Kier alpha value is -4.79. The predicted molar refractivity (Wildman–Crippen MR) is 204 cm³/mol. The van der Waals surface area contributed by atoms with E-state index in [4.69, 9.17) is 18.9 Å². The summed E-state index contributed by atoms with van der Waals surface area (Å²) in [6.45, 7) is 13.3. The van der Waals surface area contributed by atoms with E-state index in [2.05, 4.69) is 5.32 Å². The first-order chi connectivity index (χ1) is 26.4. The first-order valence-corrected chi connectivity index (χ1v) is 19.1. The molecule has 14 nitrogen and oxygen atoms in total. The molecule has 0 saturated carbocycles. The third-order valence-corrected chi connectivity index (χ3v) is 11.6. The van der Waals surface area contributed by atoms with Gasteiger partial charge in [0.15, 0.2) is 0 Å². The first-order valence-electron chi connectivity index (χ1n) is 19.1. The van der Waals surface area contributed by atoms with Crippen molar-refractivity contribution in [2.24, 2.45) is 23.7 Å². The zero-order chi connectivity index (χ0) is 41.4. The molecule has 0 aromatic heterocycles.